The molecule has 0 aliphatic carbocycles. The molecule has 1 unspecified atom stereocenters. The molecule has 0 aliphatic heterocycles. The SMILES string of the molecule is C=CCC(C)CC=CCCC(C)C. The molecule has 0 saturated heterocycles. The van der Waals surface area contributed by atoms with Crippen LogP contribution in [0.1, 0.15) is 46.5 Å². The van der Waals surface area contributed by atoms with Gasteiger partial charge in [0.25, 0.3) is 0 Å². The lowest BCUT2D eigenvalue weighted by atomic mass is 10.0. The maximum Gasteiger partial charge on any atom is -0.0322 e. The van der Waals surface area contributed by atoms with E-state index in [1.165, 1.54) is 19.3 Å². The summed E-state index contributed by atoms with van der Waals surface area (Å²) in [5, 5.41) is 0. The summed E-state index contributed by atoms with van der Waals surface area (Å²) < 4.78 is 0. The largest absolute Gasteiger partial charge is 0.103 e. The average Bonchev–Trinajstić information content (AvgIpc) is 2.03. The number of hydrogen-bond acceptors (Lipinski definition) is 0. The smallest absolute Gasteiger partial charge is 0.0322 e. The molecule has 0 heterocycles. The van der Waals surface area contributed by atoms with Crippen molar-refractivity contribution in [2.24, 2.45) is 11.8 Å². The zero-order valence-electron chi connectivity index (χ0n) is 9.42. The van der Waals surface area contributed by atoms with Crippen molar-refractivity contribution in [3.63, 3.8) is 0 Å². The van der Waals surface area contributed by atoms with Crippen molar-refractivity contribution in [2.75, 3.05) is 0 Å². The van der Waals surface area contributed by atoms with Gasteiger partial charge in [-0.2, -0.15) is 0 Å². The van der Waals surface area contributed by atoms with Crippen molar-refractivity contribution in [2.45, 2.75) is 46.5 Å². The predicted octanol–water partition coefficient (Wildman–Crippen LogP) is 4.58. The summed E-state index contributed by atoms with van der Waals surface area (Å²) in [5.41, 5.74) is 0. The van der Waals surface area contributed by atoms with Crippen LogP contribution in [-0.4, -0.2) is 0 Å². The third kappa shape index (κ3) is 9.39. The predicted molar refractivity (Wildman–Crippen MR) is 61.8 cm³/mol. The Labute approximate surface area is 83.7 Å². The summed E-state index contributed by atoms with van der Waals surface area (Å²) in [6, 6.07) is 0. The van der Waals surface area contributed by atoms with E-state index >= 15 is 0 Å². The minimum atomic E-state index is 0.757. The van der Waals surface area contributed by atoms with Gasteiger partial charge in [0.05, 0.1) is 0 Å². The second kappa shape index (κ2) is 8.10. The van der Waals surface area contributed by atoms with E-state index in [4.69, 9.17) is 0 Å². The van der Waals surface area contributed by atoms with Gasteiger partial charge in [-0.05, 0) is 37.5 Å². The van der Waals surface area contributed by atoms with Crippen LogP contribution in [0.15, 0.2) is 24.8 Å². The zero-order chi connectivity index (χ0) is 10.1. The Bertz CT molecular complexity index is 142. The van der Waals surface area contributed by atoms with Crippen molar-refractivity contribution in [1.29, 1.82) is 0 Å². The molecule has 0 N–H and O–H groups in total. The monoisotopic (exact) mass is 180 g/mol. The van der Waals surface area contributed by atoms with Crippen LogP contribution in [0.2, 0.25) is 0 Å². The number of hydrogen-bond donors (Lipinski definition) is 0. The highest BCUT2D eigenvalue weighted by Crippen LogP contribution is 2.10. The molecule has 0 rings (SSSR count). The van der Waals surface area contributed by atoms with Gasteiger partial charge >= 0.3 is 0 Å². The Hall–Kier alpha value is -0.520. The molecule has 0 bridgehead atoms. The normalized spacial score (nSPS) is 13.8. The van der Waals surface area contributed by atoms with E-state index in [0.29, 0.717) is 0 Å². The van der Waals surface area contributed by atoms with E-state index < -0.39 is 0 Å². The molecule has 76 valence electrons. The Morgan fingerprint density at radius 1 is 1.08 bits per heavy atom. The lowest BCUT2D eigenvalue weighted by Crippen LogP contribution is -1.89. The fraction of sp³-hybridized carbons (Fsp3) is 0.692. The standard InChI is InChI=1S/C13H24/c1-5-9-13(4)11-8-6-7-10-12(2)3/h5-6,8,12-13H,1,7,9-11H2,2-4H3. The first-order valence-corrected chi connectivity index (χ1v) is 5.42. The molecule has 0 fully saturated rings. The van der Waals surface area contributed by atoms with Crippen molar-refractivity contribution in [3.05, 3.63) is 24.8 Å². The van der Waals surface area contributed by atoms with E-state index in [0.717, 1.165) is 18.3 Å². The maximum absolute atomic E-state index is 3.74. The Balaban J connectivity index is 3.34. The van der Waals surface area contributed by atoms with Crippen LogP contribution < -0.4 is 0 Å². The summed E-state index contributed by atoms with van der Waals surface area (Å²) in [7, 11) is 0. The van der Waals surface area contributed by atoms with Gasteiger partial charge in [-0.1, -0.05) is 39.0 Å². The summed E-state index contributed by atoms with van der Waals surface area (Å²) in [6.07, 6.45) is 11.5. The molecule has 0 heteroatoms. The second-order valence-electron chi connectivity index (χ2n) is 4.31. The van der Waals surface area contributed by atoms with E-state index in [-0.39, 0.29) is 0 Å². The quantitative estimate of drug-likeness (QED) is 0.503. The van der Waals surface area contributed by atoms with Crippen molar-refractivity contribution in [3.8, 4) is 0 Å². The van der Waals surface area contributed by atoms with Crippen molar-refractivity contribution >= 4 is 0 Å². The van der Waals surface area contributed by atoms with Gasteiger partial charge in [0, 0.05) is 0 Å². The van der Waals surface area contributed by atoms with Gasteiger partial charge in [0.15, 0.2) is 0 Å². The molecule has 1 atom stereocenters. The Morgan fingerprint density at radius 2 is 1.77 bits per heavy atom. The fourth-order valence-corrected chi connectivity index (χ4v) is 1.26. The van der Waals surface area contributed by atoms with E-state index in [1.54, 1.807) is 0 Å². The molecule has 0 aromatic carbocycles. The maximum atomic E-state index is 3.74. The molecule has 0 amide bonds. The molecular formula is C13H24. The minimum absolute atomic E-state index is 0.757. The molecule has 13 heavy (non-hydrogen) atoms. The van der Waals surface area contributed by atoms with E-state index in [1.807, 2.05) is 6.08 Å². The second-order valence-corrected chi connectivity index (χ2v) is 4.31. The van der Waals surface area contributed by atoms with Crippen LogP contribution in [0.5, 0.6) is 0 Å². The van der Waals surface area contributed by atoms with Crippen LogP contribution in [0, 0.1) is 11.8 Å². The highest BCUT2D eigenvalue weighted by Gasteiger charge is 1.95. The molecule has 0 aromatic rings. The minimum Gasteiger partial charge on any atom is -0.103 e. The Morgan fingerprint density at radius 3 is 2.31 bits per heavy atom. The lowest BCUT2D eigenvalue weighted by Gasteiger charge is -2.03. The van der Waals surface area contributed by atoms with Crippen LogP contribution in [0.4, 0.5) is 0 Å². The molecule has 0 aromatic heterocycles. The van der Waals surface area contributed by atoms with Crippen LogP contribution in [0.3, 0.4) is 0 Å². The van der Waals surface area contributed by atoms with Gasteiger partial charge in [0.2, 0.25) is 0 Å². The highest BCUT2D eigenvalue weighted by atomic mass is 14.0. The third-order valence-corrected chi connectivity index (χ3v) is 2.18. The molecule has 0 saturated carbocycles. The fourth-order valence-electron chi connectivity index (χ4n) is 1.26. The van der Waals surface area contributed by atoms with Crippen LogP contribution in [-0.2, 0) is 0 Å². The van der Waals surface area contributed by atoms with Gasteiger partial charge in [0.1, 0.15) is 0 Å². The number of allylic oxidation sites excluding steroid dienone is 3. The first-order chi connectivity index (χ1) is 6.16. The van der Waals surface area contributed by atoms with Crippen molar-refractivity contribution in [1.82, 2.24) is 0 Å². The summed E-state index contributed by atoms with van der Waals surface area (Å²) >= 11 is 0. The summed E-state index contributed by atoms with van der Waals surface area (Å²) in [6.45, 7) is 10.6. The highest BCUT2D eigenvalue weighted by molar-refractivity contribution is 4.85. The first kappa shape index (κ1) is 12.5. The number of rotatable bonds is 7. The summed E-state index contributed by atoms with van der Waals surface area (Å²) in [4.78, 5) is 0. The van der Waals surface area contributed by atoms with Crippen LogP contribution >= 0.6 is 0 Å². The summed E-state index contributed by atoms with van der Waals surface area (Å²) in [5.74, 6) is 1.59. The first-order valence-electron chi connectivity index (χ1n) is 5.42. The zero-order valence-corrected chi connectivity index (χ0v) is 9.42. The van der Waals surface area contributed by atoms with Crippen molar-refractivity contribution < 1.29 is 0 Å². The van der Waals surface area contributed by atoms with Gasteiger partial charge in [-0.3, -0.25) is 0 Å². The average molecular weight is 180 g/mol. The van der Waals surface area contributed by atoms with Gasteiger partial charge < -0.3 is 0 Å². The van der Waals surface area contributed by atoms with Crippen LogP contribution in [0.25, 0.3) is 0 Å². The lowest BCUT2D eigenvalue weighted by molar-refractivity contribution is 0.586. The third-order valence-electron chi connectivity index (χ3n) is 2.18. The topological polar surface area (TPSA) is 0 Å². The van der Waals surface area contributed by atoms with E-state index in [9.17, 15) is 0 Å². The molecule has 0 nitrogen and oxygen atoms in total. The molecular weight excluding hydrogens is 156 g/mol. The van der Waals surface area contributed by atoms with Gasteiger partial charge in [-0.15, -0.1) is 6.58 Å². The van der Waals surface area contributed by atoms with Gasteiger partial charge in [-0.25, -0.2) is 0 Å². The molecule has 0 radical (unpaired) electrons. The Kier molecular flexibility index (Phi) is 7.77. The molecule has 0 spiro atoms. The van der Waals surface area contributed by atoms with E-state index in [2.05, 4.69) is 39.5 Å². The molecule has 0 aliphatic rings.